The van der Waals surface area contributed by atoms with Crippen LogP contribution in [-0.2, 0) is 25.8 Å². The van der Waals surface area contributed by atoms with E-state index in [1.807, 2.05) is 36.5 Å². The molecule has 0 fully saturated rings. The van der Waals surface area contributed by atoms with Gasteiger partial charge >= 0.3 is 0 Å². The fourth-order valence-corrected chi connectivity index (χ4v) is 5.73. The van der Waals surface area contributed by atoms with Crippen molar-refractivity contribution in [1.82, 2.24) is 19.9 Å². The highest BCUT2D eigenvalue weighted by Gasteiger charge is 2.25. The summed E-state index contributed by atoms with van der Waals surface area (Å²) in [5, 5.41) is 4.49. The second-order valence-corrected chi connectivity index (χ2v) is 9.26. The number of pyridine rings is 1. The molecule has 1 N–H and O–H groups in total. The highest BCUT2D eigenvalue weighted by molar-refractivity contribution is 7.18. The summed E-state index contributed by atoms with van der Waals surface area (Å²) in [6.45, 7) is 1.38. The first-order valence-electron chi connectivity index (χ1n) is 11.0. The maximum absolute atomic E-state index is 13.3. The number of benzene rings is 1. The van der Waals surface area contributed by atoms with E-state index < -0.39 is 0 Å². The van der Waals surface area contributed by atoms with Gasteiger partial charge in [-0.15, -0.1) is 11.3 Å². The van der Waals surface area contributed by atoms with Gasteiger partial charge in [-0.25, -0.2) is 4.98 Å². The Morgan fingerprint density at radius 1 is 1.25 bits per heavy atom. The average molecular weight is 447 g/mol. The number of nitrogens with one attached hydrogen (secondary N) is 1. The van der Waals surface area contributed by atoms with Crippen LogP contribution in [0.4, 0.5) is 0 Å². The molecule has 0 spiro atoms. The van der Waals surface area contributed by atoms with Crippen molar-refractivity contribution >= 4 is 21.6 Å². The average Bonchev–Trinajstić information content (AvgIpc) is 3.20. The summed E-state index contributed by atoms with van der Waals surface area (Å²) in [7, 11) is 1.65. The van der Waals surface area contributed by atoms with E-state index in [1.54, 1.807) is 35.5 Å². The molecular formula is C25H26N4O2S. The van der Waals surface area contributed by atoms with Crippen molar-refractivity contribution in [1.29, 1.82) is 0 Å². The molecule has 0 aliphatic heterocycles. The molecule has 0 bridgehead atoms. The smallest absolute Gasteiger partial charge is 0.262 e. The first kappa shape index (κ1) is 20.8. The predicted molar refractivity (Wildman–Crippen MR) is 128 cm³/mol. The number of nitrogens with zero attached hydrogens (tertiary/aromatic N) is 3. The van der Waals surface area contributed by atoms with E-state index >= 15 is 0 Å². The molecule has 1 unspecified atom stereocenters. The Hall–Kier alpha value is -3.03. The third-order valence-electron chi connectivity index (χ3n) is 6.14. The number of aryl methyl sites for hydroxylation is 1. The topological polar surface area (TPSA) is 69.0 Å². The number of thiophene rings is 1. The van der Waals surface area contributed by atoms with Crippen LogP contribution >= 0.6 is 11.3 Å². The fraction of sp³-hybridized carbons (Fsp3) is 0.320. The number of ether oxygens (including phenoxy) is 1. The van der Waals surface area contributed by atoms with Crippen molar-refractivity contribution in [3.63, 3.8) is 0 Å². The molecule has 6 nitrogen and oxygen atoms in total. The largest absolute Gasteiger partial charge is 0.496 e. The number of fused-ring (bicyclic) bond motifs is 3. The van der Waals surface area contributed by atoms with Crippen molar-refractivity contribution in [3.05, 3.63) is 87.0 Å². The third kappa shape index (κ3) is 4.18. The van der Waals surface area contributed by atoms with Crippen molar-refractivity contribution in [2.75, 3.05) is 13.7 Å². The van der Waals surface area contributed by atoms with E-state index in [-0.39, 0.29) is 5.56 Å². The molecule has 0 radical (unpaired) electrons. The summed E-state index contributed by atoms with van der Waals surface area (Å²) < 4.78 is 7.15. The second-order valence-electron chi connectivity index (χ2n) is 8.18. The molecule has 3 aromatic heterocycles. The molecule has 1 atom stereocenters. The Balaban J connectivity index is 1.33. The Bertz CT molecular complexity index is 1280. The van der Waals surface area contributed by atoms with E-state index in [0.29, 0.717) is 12.6 Å². The molecule has 32 heavy (non-hydrogen) atoms. The van der Waals surface area contributed by atoms with Crippen LogP contribution in [0.2, 0.25) is 0 Å². The molecule has 3 heterocycles. The van der Waals surface area contributed by atoms with Crippen molar-refractivity contribution in [3.8, 4) is 5.75 Å². The summed E-state index contributed by atoms with van der Waals surface area (Å²) >= 11 is 1.67. The zero-order valence-electron chi connectivity index (χ0n) is 18.1. The van der Waals surface area contributed by atoms with E-state index in [2.05, 4.69) is 21.4 Å². The van der Waals surface area contributed by atoms with Gasteiger partial charge in [-0.3, -0.25) is 14.3 Å². The highest BCUT2D eigenvalue weighted by Crippen LogP contribution is 2.33. The molecule has 0 saturated carbocycles. The quantitative estimate of drug-likeness (QED) is 0.470. The van der Waals surface area contributed by atoms with Crippen LogP contribution < -0.4 is 15.6 Å². The molecule has 7 heteroatoms. The monoisotopic (exact) mass is 446 g/mol. The van der Waals surface area contributed by atoms with Gasteiger partial charge in [0.1, 0.15) is 10.6 Å². The lowest BCUT2D eigenvalue weighted by molar-refractivity contribution is 0.408. The van der Waals surface area contributed by atoms with E-state index in [9.17, 15) is 4.79 Å². The fourth-order valence-electron chi connectivity index (χ4n) is 4.47. The number of hydrogen-bond donors (Lipinski definition) is 1. The van der Waals surface area contributed by atoms with Crippen LogP contribution in [0, 0.1) is 0 Å². The Morgan fingerprint density at radius 3 is 3.00 bits per heavy atom. The van der Waals surface area contributed by atoms with E-state index in [4.69, 9.17) is 4.74 Å². The number of rotatable bonds is 7. The third-order valence-corrected chi connectivity index (χ3v) is 7.30. The van der Waals surface area contributed by atoms with Crippen LogP contribution in [0.1, 0.15) is 28.0 Å². The van der Waals surface area contributed by atoms with Gasteiger partial charge in [-0.1, -0.05) is 24.3 Å². The second kappa shape index (κ2) is 9.22. The summed E-state index contributed by atoms with van der Waals surface area (Å²) in [4.78, 5) is 24.3. The van der Waals surface area contributed by atoms with E-state index in [1.165, 1.54) is 16.0 Å². The normalized spacial score (nSPS) is 15.6. The molecule has 1 aromatic carbocycles. The summed E-state index contributed by atoms with van der Waals surface area (Å²) in [6.07, 6.45) is 9.27. The lowest BCUT2D eigenvalue weighted by atomic mass is 9.93. The number of methoxy groups -OCH3 is 1. The highest BCUT2D eigenvalue weighted by atomic mass is 32.1. The van der Waals surface area contributed by atoms with E-state index in [0.717, 1.165) is 53.8 Å². The van der Waals surface area contributed by atoms with Gasteiger partial charge in [-0.2, -0.15) is 0 Å². The number of aromatic nitrogens is 3. The van der Waals surface area contributed by atoms with Gasteiger partial charge in [0, 0.05) is 28.9 Å². The molecule has 0 amide bonds. The number of para-hydroxylation sites is 1. The molecular weight excluding hydrogens is 420 g/mol. The lowest BCUT2D eigenvalue weighted by Gasteiger charge is -2.23. The SMILES string of the molecule is COc1ccccc1Cn1cnc2sc3c(c2c1=O)CCC(NCCc1cccnc1)C3. The summed E-state index contributed by atoms with van der Waals surface area (Å²) in [5.74, 6) is 0.784. The summed E-state index contributed by atoms with van der Waals surface area (Å²) in [5.41, 5.74) is 3.46. The standard InChI is InChI=1S/C25H26N4O2S/c1-31-21-7-3-2-6-18(21)15-29-16-28-24-23(25(29)30)20-9-8-19(13-22(20)32-24)27-12-10-17-5-4-11-26-14-17/h2-7,11,14,16,19,27H,8-10,12-13,15H2,1H3. The zero-order chi connectivity index (χ0) is 21.9. The van der Waals surface area contributed by atoms with Crippen LogP contribution in [0.25, 0.3) is 10.2 Å². The molecule has 1 aliphatic carbocycles. The molecule has 5 rings (SSSR count). The van der Waals surface area contributed by atoms with Crippen LogP contribution in [0.5, 0.6) is 5.75 Å². The summed E-state index contributed by atoms with van der Waals surface area (Å²) in [6, 6.07) is 12.3. The Labute approximate surface area is 190 Å². The van der Waals surface area contributed by atoms with Crippen molar-refractivity contribution in [2.45, 2.75) is 38.3 Å². The Morgan fingerprint density at radius 2 is 2.16 bits per heavy atom. The van der Waals surface area contributed by atoms with Gasteiger partial charge in [-0.05, 0) is 55.5 Å². The van der Waals surface area contributed by atoms with Gasteiger partial charge in [0.15, 0.2) is 0 Å². The van der Waals surface area contributed by atoms with Crippen LogP contribution in [0.3, 0.4) is 0 Å². The van der Waals surface area contributed by atoms with Crippen LogP contribution in [-0.4, -0.2) is 34.2 Å². The van der Waals surface area contributed by atoms with Gasteiger partial charge < -0.3 is 10.1 Å². The minimum absolute atomic E-state index is 0.0430. The minimum Gasteiger partial charge on any atom is -0.496 e. The van der Waals surface area contributed by atoms with Gasteiger partial charge in [0.25, 0.3) is 5.56 Å². The van der Waals surface area contributed by atoms with Crippen LogP contribution in [0.15, 0.2) is 59.9 Å². The van der Waals surface area contributed by atoms with Crippen molar-refractivity contribution in [2.24, 2.45) is 0 Å². The maximum Gasteiger partial charge on any atom is 0.262 e. The first-order valence-corrected chi connectivity index (χ1v) is 11.8. The maximum atomic E-state index is 13.3. The molecule has 4 aromatic rings. The molecule has 1 aliphatic rings. The minimum atomic E-state index is 0.0430. The molecule has 164 valence electrons. The Kier molecular flexibility index (Phi) is 6.01. The number of hydrogen-bond acceptors (Lipinski definition) is 6. The van der Waals surface area contributed by atoms with Crippen molar-refractivity contribution < 1.29 is 4.74 Å². The lowest BCUT2D eigenvalue weighted by Crippen LogP contribution is -2.35. The zero-order valence-corrected chi connectivity index (χ0v) is 18.9. The first-order chi connectivity index (χ1) is 15.7. The van der Waals surface area contributed by atoms with Gasteiger partial charge in [0.2, 0.25) is 0 Å². The van der Waals surface area contributed by atoms with Gasteiger partial charge in [0.05, 0.1) is 25.4 Å². The molecule has 0 saturated heterocycles. The predicted octanol–water partition coefficient (Wildman–Crippen LogP) is 3.60.